The van der Waals surface area contributed by atoms with E-state index in [1.807, 2.05) is 0 Å². The van der Waals surface area contributed by atoms with Gasteiger partial charge in [-0.15, -0.1) is 0 Å². The molecule has 0 aromatic rings. The van der Waals surface area contributed by atoms with Crippen molar-refractivity contribution < 1.29 is 19.1 Å². The third-order valence-corrected chi connectivity index (χ3v) is 1.21. The Kier molecular flexibility index (Phi) is 5.15. The second-order valence-corrected chi connectivity index (χ2v) is 3.84. The zero-order valence-electron chi connectivity index (χ0n) is 8.99. The molecule has 0 saturated carbocycles. The molecular formula is C9H17NO4. The topological polar surface area (TPSA) is 64.6 Å². The minimum atomic E-state index is -0.658. The Morgan fingerprint density at radius 1 is 1.50 bits per heavy atom. The van der Waals surface area contributed by atoms with Crippen molar-refractivity contribution in [2.75, 3.05) is 13.7 Å². The van der Waals surface area contributed by atoms with Gasteiger partial charge in [0.2, 0.25) is 0 Å². The third kappa shape index (κ3) is 6.42. The molecule has 1 atom stereocenters. The zero-order valence-corrected chi connectivity index (χ0v) is 8.99. The summed E-state index contributed by atoms with van der Waals surface area (Å²) in [5, 5.41) is 2.37. The van der Waals surface area contributed by atoms with Gasteiger partial charge in [0.25, 0.3) is 0 Å². The highest BCUT2D eigenvalue weighted by Crippen LogP contribution is 2.06. The van der Waals surface area contributed by atoms with Crippen LogP contribution in [0.1, 0.15) is 20.8 Å². The average molecular weight is 203 g/mol. The number of hydrogen-bond donors (Lipinski definition) is 1. The summed E-state index contributed by atoms with van der Waals surface area (Å²) in [4.78, 5) is 21.6. The van der Waals surface area contributed by atoms with Gasteiger partial charge in [-0.25, -0.2) is 4.79 Å². The van der Waals surface area contributed by atoms with E-state index in [0.29, 0.717) is 6.29 Å². The lowest BCUT2D eigenvalue weighted by molar-refractivity contribution is -0.110. The monoisotopic (exact) mass is 203 g/mol. The average Bonchev–Trinajstić information content (AvgIpc) is 2.00. The van der Waals surface area contributed by atoms with Crippen LogP contribution in [0.25, 0.3) is 0 Å². The van der Waals surface area contributed by atoms with E-state index in [2.05, 4.69) is 5.32 Å². The lowest BCUT2D eigenvalue weighted by Crippen LogP contribution is -2.42. The van der Waals surface area contributed by atoms with Crippen molar-refractivity contribution in [2.45, 2.75) is 32.4 Å². The summed E-state index contributed by atoms with van der Waals surface area (Å²) >= 11 is 0. The number of alkyl carbamates (subject to hydrolysis) is 1. The van der Waals surface area contributed by atoms with Gasteiger partial charge in [0.05, 0.1) is 6.61 Å². The maximum absolute atomic E-state index is 11.2. The van der Waals surface area contributed by atoms with Gasteiger partial charge in [0.1, 0.15) is 17.9 Å². The van der Waals surface area contributed by atoms with Crippen molar-refractivity contribution in [3.8, 4) is 0 Å². The molecule has 0 heterocycles. The van der Waals surface area contributed by atoms with Gasteiger partial charge in [-0.3, -0.25) is 0 Å². The molecule has 5 nitrogen and oxygen atoms in total. The van der Waals surface area contributed by atoms with Crippen molar-refractivity contribution in [2.24, 2.45) is 0 Å². The molecule has 0 radical (unpaired) electrons. The summed E-state index contributed by atoms with van der Waals surface area (Å²) in [6.07, 6.45) is -0.0143. The van der Waals surface area contributed by atoms with Gasteiger partial charge in [0.15, 0.2) is 0 Å². The first-order valence-corrected chi connectivity index (χ1v) is 4.33. The van der Waals surface area contributed by atoms with Crippen molar-refractivity contribution in [3.63, 3.8) is 0 Å². The van der Waals surface area contributed by atoms with E-state index in [1.54, 1.807) is 20.8 Å². The SMILES string of the molecule is COC[C@H](C=O)NC(=O)OC(C)(C)C. The first kappa shape index (κ1) is 12.9. The van der Waals surface area contributed by atoms with E-state index in [4.69, 9.17) is 9.47 Å². The summed E-state index contributed by atoms with van der Waals surface area (Å²) < 4.78 is 9.68. The molecule has 0 aliphatic heterocycles. The molecule has 14 heavy (non-hydrogen) atoms. The fourth-order valence-electron chi connectivity index (χ4n) is 0.753. The van der Waals surface area contributed by atoms with Gasteiger partial charge < -0.3 is 19.6 Å². The second kappa shape index (κ2) is 5.59. The number of methoxy groups -OCH3 is 1. The molecule has 0 saturated heterocycles. The number of ether oxygens (including phenoxy) is 2. The second-order valence-electron chi connectivity index (χ2n) is 3.84. The molecule has 0 rings (SSSR count). The highest BCUT2D eigenvalue weighted by atomic mass is 16.6. The molecule has 0 aromatic heterocycles. The maximum atomic E-state index is 11.2. The molecule has 5 heteroatoms. The van der Waals surface area contributed by atoms with Crippen molar-refractivity contribution in [3.05, 3.63) is 0 Å². The number of amides is 1. The fraction of sp³-hybridized carbons (Fsp3) is 0.778. The molecule has 0 fully saturated rings. The fourth-order valence-corrected chi connectivity index (χ4v) is 0.753. The molecule has 0 bridgehead atoms. The Balaban J connectivity index is 3.97. The standard InChI is InChI=1S/C9H17NO4/c1-9(2,3)14-8(12)10-7(5-11)6-13-4/h5,7H,6H2,1-4H3,(H,10,12)/t7-/m0/s1. The lowest BCUT2D eigenvalue weighted by Gasteiger charge is -2.21. The van der Waals surface area contributed by atoms with Gasteiger partial charge in [-0.2, -0.15) is 0 Å². The van der Waals surface area contributed by atoms with Crippen LogP contribution in [0.15, 0.2) is 0 Å². The number of nitrogens with one attached hydrogen (secondary N) is 1. The van der Waals surface area contributed by atoms with E-state index < -0.39 is 17.7 Å². The first-order chi connectivity index (χ1) is 6.39. The van der Waals surface area contributed by atoms with Crippen LogP contribution in [0.5, 0.6) is 0 Å². The van der Waals surface area contributed by atoms with Crippen LogP contribution in [0.2, 0.25) is 0 Å². The summed E-state index contributed by atoms with van der Waals surface area (Å²) in [6.45, 7) is 5.39. The minimum Gasteiger partial charge on any atom is -0.444 e. The lowest BCUT2D eigenvalue weighted by atomic mass is 10.2. The van der Waals surface area contributed by atoms with E-state index in [-0.39, 0.29) is 6.61 Å². The normalized spacial score (nSPS) is 13.1. The van der Waals surface area contributed by atoms with Crippen molar-refractivity contribution in [1.82, 2.24) is 5.32 Å². The van der Waals surface area contributed by atoms with Crippen LogP contribution in [-0.4, -0.2) is 37.7 Å². The summed E-state index contributed by atoms with van der Waals surface area (Å²) in [7, 11) is 1.45. The Morgan fingerprint density at radius 2 is 2.07 bits per heavy atom. The molecule has 0 aliphatic rings. The van der Waals surface area contributed by atoms with Crippen LogP contribution in [0.3, 0.4) is 0 Å². The molecule has 82 valence electrons. The summed E-state index contributed by atoms with van der Waals surface area (Å²) in [5.74, 6) is 0. The van der Waals surface area contributed by atoms with E-state index >= 15 is 0 Å². The number of carbonyl (C=O) groups excluding carboxylic acids is 2. The highest BCUT2D eigenvalue weighted by molar-refractivity contribution is 5.73. The van der Waals surface area contributed by atoms with Crippen LogP contribution >= 0.6 is 0 Å². The van der Waals surface area contributed by atoms with Crippen molar-refractivity contribution in [1.29, 1.82) is 0 Å². The Hall–Kier alpha value is -1.10. The van der Waals surface area contributed by atoms with E-state index in [0.717, 1.165) is 0 Å². The molecule has 0 spiro atoms. The van der Waals surface area contributed by atoms with Crippen LogP contribution in [0, 0.1) is 0 Å². The zero-order chi connectivity index (χ0) is 11.2. The Bertz CT molecular complexity index is 197. The smallest absolute Gasteiger partial charge is 0.408 e. The van der Waals surface area contributed by atoms with Crippen LogP contribution in [-0.2, 0) is 14.3 Å². The molecule has 0 aliphatic carbocycles. The minimum absolute atomic E-state index is 0.142. The molecule has 0 unspecified atom stereocenters. The summed E-state index contributed by atoms with van der Waals surface area (Å²) in [5.41, 5.74) is -0.565. The number of aldehydes is 1. The van der Waals surface area contributed by atoms with Gasteiger partial charge >= 0.3 is 6.09 Å². The predicted molar refractivity (Wildman–Crippen MR) is 51.1 cm³/mol. The maximum Gasteiger partial charge on any atom is 0.408 e. The van der Waals surface area contributed by atoms with Crippen LogP contribution < -0.4 is 5.32 Å². The summed E-state index contributed by atoms with van der Waals surface area (Å²) in [6, 6.07) is -0.658. The molecule has 1 amide bonds. The van der Waals surface area contributed by atoms with Gasteiger partial charge in [-0.05, 0) is 20.8 Å². The highest BCUT2D eigenvalue weighted by Gasteiger charge is 2.18. The molecular weight excluding hydrogens is 186 g/mol. The van der Waals surface area contributed by atoms with Gasteiger partial charge in [0, 0.05) is 7.11 Å². The van der Waals surface area contributed by atoms with Crippen molar-refractivity contribution >= 4 is 12.4 Å². The third-order valence-electron chi connectivity index (χ3n) is 1.21. The van der Waals surface area contributed by atoms with E-state index in [9.17, 15) is 9.59 Å². The Labute approximate surface area is 83.8 Å². The van der Waals surface area contributed by atoms with E-state index in [1.165, 1.54) is 7.11 Å². The van der Waals surface area contributed by atoms with Crippen LogP contribution in [0.4, 0.5) is 4.79 Å². The predicted octanol–water partition coefficient (Wildman–Crippen LogP) is 0.725. The Morgan fingerprint density at radius 3 is 2.43 bits per heavy atom. The number of carbonyl (C=O) groups is 2. The first-order valence-electron chi connectivity index (χ1n) is 4.33. The molecule has 0 aromatic carbocycles. The van der Waals surface area contributed by atoms with Gasteiger partial charge in [-0.1, -0.05) is 0 Å². The number of hydrogen-bond acceptors (Lipinski definition) is 4. The quantitative estimate of drug-likeness (QED) is 0.684. The largest absolute Gasteiger partial charge is 0.444 e. The number of rotatable bonds is 4. The molecule has 1 N–H and O–H groups in total.